The smallest absolute Gasteiger partial charge is 0.251 e. The molecule has 1 aliphatic heterocycles. The minimum Gasteiger partial charge on any atom is -0.379 e. The minimum absolute atomic E-state index is 0.159. The van der Waals surface area contributed by atoms with E-state index >= 15 is 0 Å². The molecule has 0 aromatic heterocycles. The van der Waals surface area contributed by atoms with Crippen molar-refractivity contribution in [1.82, 2.24) is 10.2 Å². The Labute approximate surface area is 155 Å². The number of rotatable bonds is 9. The molecule has 0 unspecified atom stereocenters. The lowest BCUT2D eigenvalue weighted by atomic mass is 10.2. The Hall–Kier alpha value is -1.90. The van der Waals surface area contributed by atoms with Gasteiger partial charge in [-0.3, -0.25) is 14.0 Å². The molecule has 0 spiro atoms. The molecule has 0 radical (unpaired) electrons. The fourth-order valence-electron chi connectivity index (χ4n) is 2.76. The third-order valence-electron chi connectivity index (χ3n) is 4.15. The van der Waals surface area contributed by atoms with Gasteiger partial charge in [0.05, 0.1) is 31.7 Å². The molecule has 1 aromatic rings. The number of hydrogen-bond donors (Lipinski definition) is 1. The van der Waals surface area contributed by atoms with Gasteiger partial charge in [0, 0.05) is 25.2 Å². The van der Waals surface area contributed by atoms with Crippen LogP contribution in [-0.2, 0) is 14.8 Å². The highest BCUT2D eigenvalue weighted by Gasteiger charge is 2.16. The molecule has 1 amide bonds. The Morgan fingerprint density at radius 2 is 1.96 bits per heavy atom. The number of benzene rings is 1. The summed E-state index contributed by atoms with van der Waals surface area (Å²) in [5, 5.41) is 2.90. The van der Waals surface area contributed by atoms with Crippen LogP contribution in [-0.4, -0.2) is 71.4 Å². The summed E-state index contributed by atoms with van der Waals surface area (Å²) >= 11 is 0. The molecule has 0 aliphatic carbocycles. The van der Waals surface area contributed by atoms with Crippen LogP contribution < -0.4 is 9.62 Å². The number of nitrogens with one attached hydrogen (secondary N) is 1. The van der Waals surface area contributed by atoms with Crippen molar-refractivity contribution in [3.05, 3.63) is 42.5 Å². The van der Waals surface area contributed by atoms with E-state index in [1.54, 1.807) is 24.3 Å². The lowest BCUT2D eigenvalue weighted by Crippen LogP contribution is -2.38. The Morgan fingerprint density at radius 3 is 2.54 bits per heavy atom. The van der Waals surface area contributed by atoms with E-state index in [-0.39, 0.29) is 12.5 Å². The number of carbonyl (C=O) groups is 1. The Kier molecular flexibility index (Phi) is 7.62. The summed E-state index contributed by atoms with van der Waals surface area (Å²) in [6, 6.07) is 6.53. The first-order valence-corrected chi connectivity index (χ1v) is 10.5. The van der Waals surface area contributed by atoms with Gasteiger partial charge in [0.2, 0.25) is 10.0 Å². The van der Waals surface area contributed by atoms with Gasteiger partial charge in [0.1, 0.15) is 0 Å². The molecule has 1 aromatic carbocycles. The van der Waals surface area contributed by atoms with E-state index in [2.05, 4.69) is 16.8 Å². The van der Waals surface area contributed by atoms with Gasteiger partial charge < -0.3 is 10.1 Å². The zero-order valence-electron chi connectivity index (χ0n) is 15.2. The molecule has 2 rings (SSSR count). The van der Waals surface area contributed by atoms with Crippen molar-refractivity contribution in [3.8, 4) is 0 Å². The molecule has 8 heteroatoms. The first-order valence-electron chi connectivity index (χ1n) is 8.69. The molecule has 0 bridgehead atoms. The van der Waals surface area contributed by atoms with Crippen molar-refractivity contribution in [2.75, 3.05) is 56.5 Å². The Morgan fingerprint density at radius 1 is 1.31 bits per heavy atom. The van der Waals surface area contributed by atoms with Crippen molar-refractivity contribution in [2.24, 2.45) is 0 Å². The van der Waals surface area contributed by atoms with Crippen molar-refractivity contribution < 1.29 is 17.9 Å². The maximum absolute atomic E-state index is 12.2. The van der Waals surface area contributed by atoms with Crippen LogP contribution in [0.5, 0.6) is 0 Å². The average Bonchev–Trinajstić information content (AvgIpc) is 2.63. The van der Waals surface area contributed by atoms with Gasteiger partial charge in [-0.15, -0.1) is 6.58 Å². The highest BCUT2D eigenvalue weighted by atomic mass is 32.2. The molecule has 0 saturated carbocycles. The van der Waals surface area contributed by atoms with Crippen LogP contribution in [0.25, 0.3) is 0 Å². The van der Waals surface area contributed by atoms with Crippen molar-refractivity contribution in [1.29, 1.82) is 0 Å². The number of carbonyl (C=O) groups excluding carboxylic acids is 1. The molecular weight excluding hydrogens is 354 g/mol. The van der Waals surface area contributed by atoms with Crippen LogP contribution in [0.1, 0.15) is 16.8 Å². The lowest BCUT2D eigenvalue weighted by Gasteiger charge is -2.26. The first kappa shape index (κ1) is 20.4. The summed E-state index contributed by atoms with van der Waals surface area (Å²) < 4.78 is 30.2. The fraction of sp³-hybridized carbons (Fsp3) is 0.500. The molecule has 26 heavy (non-hydrogen) atoms. The number of morpholine rings is 1. The number of anilines is 1. The summed E-state index contributed by atoms with van der Waals surface area (Å²) in [6.45, 7) is 8.73. The van der Waals surface area contributed by atoms with E-state index in [0.29, 0.717) is 17.8 Å². The monoisotopic (exact) mass is 381 g/mol. The van der Waals surface area contributed by atoms with E-state index in [9.17, 15) is 13.2 Å². The number of nitrogens with zero attached hydrogens (tertiary/aromatic N) is 2. The molecule has 1 fully saturated rings. The predicted octanol–water partition coefficient (Wildman–Crippen LogP) is 1.09. The largest absolute Gasteiger partial charge is 0.379 e. The van der Waals surface area contributed by atoms with Crippen molar-refractivity contribution in [3.63, 3.8) is 0 Å². The zero-order chi connectivity index (χ0) is 19.0. The topological polar surface area (TPSA) is 79.0 Å². The normalized spacial score (nSPS) is 15.4. The lowest BCUT2D eigenvalue weighted by molar-refractivity contribution is 0.0374. The third-order valence-corrected chi connectivity index (χ3v) is 5.31. The second kappa shape index (κ2) is 9.70. The van der Waals surface area contributed by atoms with Gasteiger partial charge in [0.25, 0.3) is 5.91 Å². The van der Waals surface area contributed by atoms with Crippen LogP contribution in [0.4, 0.5) is 5.69 Å². The third kappa shape index (κ3) is 6.12. The molecule has 7 nitrogen and oxygen atoms in total. The summed E-state index contributed by atoms with van der Waals surface area (Å²) in [5.41, 5.74) is 1.02. The SMILES string of the molecule is C=CCN(c1ccc(C(=O)NCCCN2CCOCC2)cc1)S(C)(=O)=O. The number of amides is 1. The van der Waals surface area contributed by atoms with Crippen LogP contribution >= 0.6 is 0 Å². The van der Waals surface area contributed by atoms with Crippen LogP contribution in [0.15, 0.2) is 36.9 Å². The highest BCUT2D eigenvalue weighted by molar-refractivity contribution is 7.92. The molecule has 1 aliphatic rings. The average molecular weight is 381 g/mol. The molecule has 1 heterocycles. The highest BCUT2D eigenvalue weighted by Crippen LogP contribution is 2.18. The summed E-state index contributed by atoms with van der Waals surface area (Å²) in [5.74, 6) is -0.159. The second-order valence-electron chi connectivity index (χ2n) is 6.19. The van der Waals surface area contributed by atoms with E-state index in [1.807, 2.05) is 0 Å². The van der Waals surface area contributed by atoms with Crippen molar-refractivity contribution in [2.45, 2.75) is 6.42 Å². The van der Waals surface area contributed by atoms with Gasteiger partial charge in [-0.2, -0.15) is 0 Å². The van der Waals surface area contributed by atoms with Crippen molar-refractivity contribution >= 4 is 21.6 Å². The predicted molar refractivity (Wildman–Crippen MR) is 103 cm³/mol. The van der Waals surface area contributed by atoms with E-state index in [1.165, 1.54) is 10.4 Å². The summed E-state index contributed by atoms with van der Waals surface area (Å²) in [4.78, 5) is 14.5. The maximum Gasteiger partial charge on any atom is 0.251 e. The minimum atomic E-state index is -3.39. The van der Waals surface area contributed by atoms with Gasteiger partial charge in [-0.25, -0.2) is 8.42 Å². The fourth-order valence-corrected chi connectivity index (χ4v) is 3.64. The standard InChI is InChI=1S/C18H27N3O4S/c1-3-10-21(26(2,23)24)17-7-5-16(6-8-17)18(22)19-9-4-11-20-12-14-25-15-13-20/h3,5-8H,1,4,9-15H2,2H3,(H,19,22). The molecule has 144 valence electrons. The Bertz CT molecular complexity index is 698. The van der Waals surface area contributed by atoms with Gasteiger partial charge >= 0.3 is 0 Å². The second-order valence-corrected chi connectivity index (χ2v) is 8.10. The van der Waals surface area contributed by atoms with Gasteiger partial charge in [-0.1, -0.05) is 6.08 Å². The maximum atomic E-state index is 12.2. The molecule has 1 N–H and O–H groups in total. The summed E-state index contributed by atoms with van der Waals surface area (Å²) in [6.07, 6.45) is 3.55. The summed E-state index contributed by atoms with van der Waals surface area (Å²) in [7, 11) is -3.39. The van der Waals surface area contributed by atoms with E-state index < -0.39 is 10.0 Å². The molecule has 1 saturated heterocycles. The Balaban J connectivity index is 1.84. The van der Waals surface area contributed by atoms with E-state index in [4.69, 9.17) is 4.74 Å². The first-order chi connectivity index (χ1) is 12.4. The quantitative estimate of drug-likeness (QED) is 0.512. The molecule has 0 atom stereocenters. The zero-order valence-corrected chi connectivity index (χ0v) is 16.0. The van der Waals surface area contributed by atoms with Crippen LogP contribution in [0, 0.1) is 0 Å². The number of ether oxygens (including phenoxy) is 1. The molecular formula is C18H27N3O4S. The van der Waals surface area contributed by atoms with E-state index in [0.717, 1.165) is 45.5 Å². The van der Waals surface area contributed by atoms with Gasteiger partial charge in [0.15, 0.2) is 0 Å². The van der Waals surface area contributed by atoms with Crippen LogP contribution in [0.2, 0.25) is 0 Å². The number of hydrogen-bond acceptors (Lipinski definition) is 5. The van der Waals surface area contributed by atoms with Crippen LogP contribution in [0.3, 0.4) is 0 Å². The van der Waals surface area contributed by atoms with Gasteiger partial charge in [-0.05, 0) is 37.2 Å². The number of sulfonamides is 1.